The summed E-state index contributed by atoms with van der Waals surface area (Å²) >= 11 is 0. The van der Waals surface area contributed by atoms with Gasteiger partial charge in [-0.15, -0.1) is 0 Å². The molecule has 1 N–H and O–H groups in total. The van der Waals surface area contributed by atoms with Gasteiger partial charge in [-0.3, -0.25) is 0 Å². The van der Waals surface area contributed by atoms with E-state index in [1.807, 2.05) is 13.0 Å². The van der Waals surface area contributed by atoms with Crippen LogP contribution in [0.5, 0.6) is 5.75 Å². The number of benzene rings is 2. The Kier molecular flexibility index (Phi) is 3.51. The maximum atomic E-state index is 5.77. The van der Waals surface area contributed by atoms with Gasteiger partial charge in [0.2, 0.25) is 0 Å². The molecule has 1 heterocycles. The molecule has 2 nitrogen and oxygen atoms in total. The van der Waals surface area contributed by atoms with Crippen LogP contribution in [-0.2, 0) is 6.42 Å². The molecule has 0 radical (unpaired) electrons. The predicted octanol–water partition coefficient (Wildman–Crippen LogP) is 3.32. The Morgan fingerprint density at radius 2 is 1.79 bits per heavy atom. The van der Waals surface area contributed by atoms with Gasteiger partial charge in [0.1, 0.15) is 5.75 Å². The standard InChI is InChI=1S/C17H19NO/c1-2-19-16-10-6-5-9-15(16)17-14-8-4-3-7-13(14)11-12-18-17/h3-10,17-18H,2,11-12H2,1H3. The Morgan fingerprint density at radius 1 is 1.05 bits per heavy atom. The zero-order chi connectivity index (χ0) is 13.1. The lowest BCUT2D eigenvalue weighted by Crippen LogP contribution is -2.30. The van der Waals surface area contributed by atoms with Crippen LogP contribution < -0.4 is 10.1 Å². The number of hydrogen-bond acceptors (Lipinski definition) is 2. The first-order valence-electron chi connectivity index (χ1n) is 6.93. The average molecular weight is 253 g/mol. The predicted molar refractivity (Wildman–Crippen MR) is 77.6 cm³/mol. The molecule has 98 valence electrons. The van der Waals surface area contributed by atoms with Crippen LogP contribution in [0.3, 0.4) is 0 Å². The third-order valence-electron chi connectivity index (χ3n) is 3.64. The van der Waals surface area contributed by atoms with E-state index in [9.17, 15) is 0 Å². The highest BCUT2D eigenvalue weighted by atomic mass is 16.5. The lowest BCUT2D eigenvalue weighted by Gasteiger charge is -2.28. The van der Waals surface area contributed by atoms with Crippen molar-refractivity contribution in [3.63, 3.8) is 0 Å². The zero-order valence-electron chi connectivity index (χ0n) is 11.2. The topological polar surface area (TPSA) is 21.3 Å². The molecule has 0 aliphatic carbocycles. The summed E-state index contributed by atoms with van der Waals surface area (Å²) in [7, 11) is 0. The van der Waals surface area contributed by atoms with E-state index in [0.717, 1.165) is 18.7 Å². The van der Waals surface area contributed by atoms with Crippen LogP contribution in [0.25, 0.3) is 0 Å². The van der Waals surface area contributed by atoms with E-state index < -0.39 is 0 Å². The molecule has 1 aliphatic rings. The van der Waals surface area contributed by atoms with Crippen LogP contribution in [0, 0.1) is 0 Å². The van der Waals surface area contributed by atoms with Crippen LogP contribution >= 0.6 is 0 Å². The average Bonchev–Trinajstić information content (AvgIpc) is 2.48. The van der Waals surface area contributed by atoms with Crippen LogP contribution in [-0.4, -0.2) is 13.2 Å². The van der Waals surface area contributed by atoms with Crippen LogP contribution in [0.4, 0.5) is 0 Å². The lowest BCUT2D eigenvalue weighted by molar-refractivity contribution is 0.333. The van der Waals surface area contributed by atoms with E-state index in [1.165, 1.54) is 16.7 Å². The van der Waals surface area contributed by atoms with Crippen LogP contribution in [0.15, 0.2) is 48.5 Å². The molecule has 0 saturated heterocycles. The molecule has 0 spiro atoms. The molecule has 1 atom stereocenters. The Bertz CT molecular complexity index is 565. The molecule has 0 bridgehead atoms. The molecular weight excluding hydrogens is 234 g/mol. The minimum atomic E-state index is 0.243. The van der Waals surface area contributed by atoms with Crippen LogP contribution in [0.2, 0.25) is 0 Å². The van der Waals surface area contributed by atoms with Gasteiger partial charge in [0.15, 0.2) is 0 Å². The molecule has 0 amide bonds. The summed E-state index contributed by atoms with van der Waals surface area (Å²) in [6.45, 7) is 3.74. The molecule has 3 rings (SSSR count). The quantitative estimate of drug-likeness (QED) is 0.906. The lowest BCUT2D eigenvalue weighted by atomic mass is 9.89. The van der Waals surface area contributed by atoms with E-state index in [1.54, 1.807) is 0 Å². The Balaban J connectivity index is 2.04. The Hall–Kier alpha value is -1.80. The minimum Gasteiger partial charge on any atom is -0.494 e. The minimum absolute atomic E-state index is 0.243. The summed E-state index contributed by atoms with van der Waals surface area (Å²) in [4.78, 5) is 0. The Morgan fingerprint density at radius 3 is 2.63 bits per heavy atom. The summed E-state index contributed by atoms with van der Waals surface area (Å²) in [5.41, 5.74) is 4.05. The molecule has 1 aliphatic heterocycles. The monoisotopic (exact) mass is 253 g/mol. The van der Waals surface area contributed by atoms with E-state index in [0.29, 0.717) is 6.61 Å². The zero-order valence-corrected chi connectivity index (χ0v) is 11.2. The fourth-order valence-corrected chi connectivity index (χ4v) is 2.79. The number of hydrogen-bond donors (Lipinski definition) is 1. The normalized spacial score (nSPS) is 17.8. The summed E-state index contributed by atoms with van der Waals surface area (Å²) < 4.78 is 5.77. The SMILES string of the molecule is CCOc1ccccc1C1NCCc2ccccc21. The highest BCUT2D eigenvalue weighted by Crippen LogP contribution is 2.33. The summed E-state index contributed by atoms with van der Waals surface area (Å²) in [5, 5.41) is 3.61. The molecule has 2 aromatic carbocycles. The number of ether oxygens (including phenoxy) is 1. The van der Waals surface area contributed by atoms with Crippen molar-refractivity contribution < 1.29 is 4.74 Å². The van der Waals surface area contributed by atoms with E-state index in [2.05, 4.69) is 47.8 Å². The van der Waals surface area contributed by atoms with Gasteiger partial charge in [-0.2, -0.15) is 0 Å². The van der Waals surface area contributed by atoms with Crippen molar-refractivity contribution in [3.05, 3.63) is 65.2 Å². The fourth-order valence-electron chi connectivity index (χ4n) is 2.79. The fraction of sp³-hybridized carbons (Fsp3) is 0.294. The van der Waals surface area contributed by atoms with E-state index in [4.69, 9.17) is 4.74 Å². The molecule has 19 heavy (non-hydrogen) atoms. The molecular formula is C17H19NO. The van der Waals surface area contributed by atoms with Crippen molar-refractivity contribution in [2.75, 3.05) is 13.2 Å². The summed E-state index contributed by atoms with van der Waals surface area (Å²) in [6, 6.07) is 17.2. The van der Waals surface area contributed by atoms with Gasteiger partial charge >= 0.3 is 0 Å². The number of para-hydroxylation sites is 1. The largest absolute Gasteiger partial charge is 0.494 e. The smallest absolute Gasteiger partial charge is 0.124 e. The van der Waals surface area contributed by atoms with Gasteiger partial charge in [-0.25, -0.2) is 0 Å². The first kappa shape index (κ1) is 12.2. The van der Waals surface area contributed by atoms with Crippen molar-refractivity contribution in [3.8, 4) is 5.75 Å². The van der Waals surface area contributed by atoms with Crippen molar-refractivity contribution in [2.24, 2.45) is 0 Å². The third-order valence-corrected chi connectivity index (χ3v) is 3.64. The number of fused-ring (bicyclic) bond motifs is 1. The third kappa shape index (κ3) is 2.36. The second-order valence-electron chi connectivity index (χ2n) is 4.81. The highest BCUT2D eigenvalue weighted by Gasteiger charge is 2.23. The van der Waals surface area contributed by atoms with Crippen molar-refractivity contribution in [1.82, 2.24) is 5.32 Å². The van der Waals surface area contributed by atoms with Crippen LogP contribution in [0.1, 0.15) is 29.7 Å². The first-order valence-corrected chi connectivity index (χ1v) is 6.93. The second-order valence-corrected chi connectivity index (χ2v) is 4.81. The molecule has 0 fully saturated rings. The van der Waals surface area contributed by atoms with Crippen molar-refractivity contribution in [1.29, 1.82) is 0 Å². The van der Waals surface area contributed by atoms with Gasteiger partial charge in [0.05, 0.1) is 12.6 Å². The molecule has 2 aromatic rings. The summed E-state index contributed by atoms with van der Waals surface area (Å²) in [6.07, 6.45) is 1.10. The van der Waals surface area contributed by atoms with Gasteiger partial charge in [-0.1, -0.05) is 42.5 Å². The van der Waals surface area contributed by atoms with Gasteiger partial charge in [-0.05, 0) is 30.5 Å². The first-order chi connectivity index (χ1) is 9.40. The molecule has 0 saturated carbocycles. The number of nitrogens with one attached hydrogen (secondary N) is 1. The highest BCUT2D eigenvalue weighted by molar-refractivity contribution is 5.45. The second kappa shape index (κ2) is 5.45. The molecule has 2 heteroatoms. The van der Waals surface area contributed by atoms with E-state index >= 15 is 0 Å². The molecule has 1 unspecified atom stereocenters. The summed E-state index contributed by atoms with van der Waals surface area (Å²) in [5.74, 6) is 0.985. The Labute approximate surface area is 114 Å². The van der Waals surface area contributed by atoms with E-state index in [-0.39, 0.29) is 6.04 Å². The van der Waals surface area contributed by atoms with Crippen molar-refractivity contribution >= 4 is 0 Å². The van der Waals surface area contributed by atoms with Gasteiger partial charge in [0.25, 0.3) is 0 Å². The van der Waals surface area contributed by atoms with Gasteiger partial charge < -0.3 is 10.1 Å². The maximum absolute atomic E-state index is 5.77. The number of rotatable bonds is 3. The molecule has 0 aromatic heterocycles. The van der Waals surface area contributed by atoms with Gasteiger partial charge in [0, 0.05) is 12.1 Å². The van der Waals surface area contributed by atoms with Crippen molar-refractivity contribution in [2.45, 2.75) is 19.4 Å². The maximum Gasteiger partial charge on any atom is 0.124 e.